The van der Waals surface area contributed by atoms with E-state index >= 15 is 0 Å². The fourth-order valence-electron chi connectivity index (χ4n) is 11.1. The smallest absolute Gasteiger partial charge is 0.0726 e. The van der Waals surface area contributed by atoms with Crippen LogP contribution in [0.5, 0.6) is 0 Å². The second kappa shape index (κ2) is 14.4. The molecular formula is C63H44N2. The van der Waals surface area contributed by atoms with Crippen molar-refractivity contribution in [2.24, 2.45) is 0 Å². The number of aryl methyl sites for hydroxylation is 2. The largest absolute Gasteiger partial charge is 0.310 e. The summed E-state index contributed by atoms with van der Waals surface area (Å²) in [5.74, 6) is 0. The van der Waals surface area contributed by atoms with E-state index in [9.17, 15) is 0 Å². The quantitative estimate of drug-likeness (QED) is 0.165. The molecule has 2 aliphatic carbocycles. The van der Waals surface area contributed by atoms with Gasteiger partial charge in [-0.1, -0.05) is 145 Å². The zero-order valence-electron chi connectivity index (χ0n) is 36.3. The van der Waals surface area contributed by atoms with Crippen molar-refractivity contribution in [1.82, 2.24) is 0 Å². The van der Waals surface area contributed by atoms with Crippen molar-refractivity contribution < 1.29 is 0 Å². The molecule has 0 atom stereocenters. The fraction of sp³-hybridized carbons (Fsp3) is 0.0476. The molecule has 306 valence electrons. The van der Waals surface area contributed by atoms with Crippen molar-refractivity contribution in [2.75, 3.05) is 9.80 Å². The number of hydrogen-bond donors (Lipinski definition) is 0. The predicted octanol–water partition coefficient (Wildman–Crippen LogP) is 17.0. The lowest BCUT2D eigenvalue weighted by molar-refractivity contribution is 0.797. The van der Waals surface area contributed by atoms with Gasteiger partial charge in [0.1, 0.15) is 0 Å². The Morgan fingerprint density at radius 2 is 0.723 bits per heavy atom. The highest BCUT2D eigenvalue weighted by atomic mass is 15.1. The minimum absolute atomic E-state index is 0.541. The molecule has 65 heavy (non-hydrogen) atoms. The summed E-state index contributed by atoms with van der Waals surface area (Å²) in [6, 6.07) is 86.1. The molecule has 0 heterocycles. The third kappa shape index (κ3) is 5.67. The summed E-state index contributed by atoms with van der Waals surface area (Å²) in [6.07, 6.45) is 0. The lowest BCUT2D eigenvalue weighted by atomic mass is 9.70. The normalized spacial score (nSPS) is 12.9. The summed E-state index contributed by atoms with van der Waals surface area (Å²) in [4.78, 5) is 4.76. The molecule has 0 fully saturated rings. The van der Waals surface area contributed by atoms with Crippen molar-refractivity contribution >= 4 is 66.4 Å². The van der Waals surface area contributed by atoms with Crippen LogP contribution >= 0.6 is 0 Å². The van der Waals surface area contributed by atoms with Gasteiger partial charge in [-0.2, -0.15) is 0 Å². The Kier molecular flexibility index (Phi) is 8.29. The van der Waals surface area contributed by atoms with Gasteiger partial charge in [0.25, 0.3) is 0 Å². The lowest BCUT2D eigenvalue weighted by Crippen LogP contribution is -2.26. The van der Waals surface area contributed by atoms with Crippen LogP contribution in [0.3, 0.4) is 0 Å². The van der Waals surface area contributed by atoms with E-state index in [4.69, 9.17) is 0 Å². The van der Waals surface area contributed by atoms with Gasteiger partial charge in [-0.05, 0) is 188 Å². The number of hydrogen-bond acceptors (Lipinski definition) is 2. The second-order valence-electron chi connectivity index (χ2n) is 17.9. The Labute approximate surface area is 379 Å². The summed E-state index contributed by atoms with van der Waals surface area (Å²) >= 11 is 0. The first-order chi connectivity index (χ1) is 32.0. The van der Waals surface area contributed by atoms with E-state index < -0.39 is 5.41 Å². The number of rotatable bonds is 6. The molecule has 2 heteroatoms. The molecule has 13 rings (SSSR count). The maximum Gasteiger partial charge on any atom is 0.0726 e. The molecule has 0 aliphatic heterocycles. The van der Waals surface area contributed by atoms with Crippen LogP contribution in [0.4, 0.5) is 34.1 Å². The zero-order valence-corrected chi connectivity index (χ0v) is 36.3. The molecular weight excluding hydrogens is 785 g/mol. The Morgan fingerprint density at radius 3 is 1.28 bits per heavy atom. The van der Waals surface area contributed by atoms with Crippen LogP contribution in [0.2, 0.25) is 0 Å². The van der Waals surface area contributed by atoms with E-state index in [1.165, 1.54) is 88.0 Å². The van der Waals surface area contributed by atoms with Gasteiger partial charge < -0.3 is 9.80 Å². The number of fused-ring (bicyclic) bond motifs is 14. The molecule has 1 spiro atoms. The fourth-order valence-corrected chi connectivity index (χ4v) is 11.1. The van der Waals surface area contributed by atoms with E-state index in [1.807, 2.05) is 0 Å². The molecule has 11 aromatic carbocycles. The molecule has 0 aromatic heterocycles. The summed E-state index contributed by atoms with van der Waals surface area (Å²) in [5, 5.41) is 7.45. The highest BCUT2D eigenvalue weighted by molar-refractivity contribution is 6.09. The van der Waals surface area contributed by atoms with Crippen molar-refractivity contribution in [3.63, 3.8) is 0 Å². The van der Waals surface area contributed by atoms with Gasteiger partial charge >= 0.3 is 0 Å². The van der Waals surface area contributed by atoms with E-state index in [2.05, 4.69) is 254 Å². The third-order valence-corrected chi connectivity index (χ3v) is 14.1. The van der Waals surface area contributed by atoms with Crippen LogP contribution in [0, 0.1) is 13.8 Å². The maximum absolute atomic E-state index is 2.53. The predicted molar refractivity (Wildman–Crippen MR) is 274 cm³/mol. The van der Waals surface area contributed by atoms with Gasteiger partial charge in [0, 0.05) is 34.1 Å². The van der Waals surface area contributed by atoms with Crippen molar-refractivity contribution in [2.45, 2.75) is 19.3 Å². The summed E-state index contributed by atoms with van der Waals surface area (Å²) in [7, 11) is 0. The monoisotopic (exact) mass is 828 g/mol. The minimum Gasteiger partial charge on any atom is -0.310 e. The first-order valence-electron chi connectivity index (χ1n) is 22.7. The Hall–Kier alpha value is -8.20. The van der Waals surface area contributed by atoms with E-state index in [0.717, 1.165) is 34.1 Å². The minimum atomic E-state index is -0.541. The van der Waals surface area contributed by atoms with Gasteiger partial charge in [0.15, 0.2) is 0 Å². The van der Waals surface area contributed by atoms with E-state index in [1.54, 1.807) is 0 Å². The molecule has 2 nitrogen and oxygen atoms in total. The van der Waals surface area contributed by atoms with Gasteiger partial charge in [0.2, 0.25) is 0 Å². The molecule has 11 aromatic rings. The van der Waals surface area contributed by atoms with Gasteiger partial charge in [-0.15, -0.1) is 0 Å². The van der Waals surface area contributed by atoms with Crippen LogP contribution in [0.1, 0.15) is 33.4 Å². The Balaban J connectivity index is 1.08. The zero-order chi connectivity index (χ0) is 43.2. The molecule has 0 amide bonds. The van der Waals surface area contributed by atoms with Crippen LogP contribution in [-0.4, -0.2) is 0 Å². The summed E-state index contributed by atoms with van der Waals surface area (Å²) < 4.78 is 0. The van der Waals surface area contributed by atoms with Crippen molar-refractivity contribution in [1.29, 1.82) is 0 Å². The first kappa shape index (κ1) is 37.4. The third-order valence-electron chi connectivity index (χ3n) is 14.1. The summed E-state index contributed by atoms with van der Waals surface area (Å²) in [6.45, 7) is 4.30. The highest BCUT2D eigenvalue weighted by Crippen LogP contribution is 2.64. The van der Waals surface area contributed by atoms with Gasteiger partial charge in [-0.25, -0.2) is 0 Å². The van der Waals surface area contributed by atoms with Crippen molar-refractivity contribution in [3.05, 3.63) is 264 Å². The Bertz CT molecular complexity index is 3490. The van der Waals surface area contributed by atoms with Crippen LogP contribution in [-0.2, 0) is 5.41 Å². The van der Waals surface area contributed by atoms with Crippen molar-refractivity contribution in [3.8, 4) is 22.3 Å². The number of nitrogens with zero attached hydrogens (tertiary/aromatic N) is 2. The SMILES string of the molecule is Cc1ccc(N(c2ccccc2)c2ccc3cc4c(cc3c2)C2(c3cc5cc(N(c6ccccc6)c6ccc(C)cc6)ccc5cc3-4)c3ccccc3-c3c2ccc2ccccc32)cc1. The number of benzene rings is 11. The summed E-state index contributed by atoms with van der Waals surface area (Å²) in [5.41, 5.74) is 19.3. The average Bonchev–Trinajstić information content (AvgIpc) is 3.81. The van der Waals surface area contributed by atoms with Crippen LogP contribution in [0.25, 0.3) is 54.6 Å². The number of para-hydroxylation sites is 2. The number of anilines is 6. The highest BCUT2D eigenvalue weighted by Gasteiger charge is 2.52. The topological polar surface area (TPSA) is 6.48 Å². The maximum atomic E-state index is 2.53. The standard InChI is InChI=1S/C63H44N2/c1-41-21-28-50(29-22-41)64(48-14-5-3-6-15-48)52-32-25-44-37-56-57-38-45-26-33-53(65(49-16-7-4-8-17-49)51-30-23-42(2)24-31-51)36-47(45)40-61(57)63(60(56)39-46(44)35-52)58-20-12-11-19-55(58)62-54-18-10-9-13-43(54)27-34-59(62)63/h3-40H,1-2H3. The Morgan fingerprint density at radius 1 is 0.277 bits per heavy atom. The van der Waals surface area contributed by atoms with Gasteiger partial charge in [0.05, 0.1) is 5.41 Å². The molecule has 0 saturated heterocycles. The second-order valence-corrected chi connectivity index (χ2v) is 17.9. The lowest BCUT2D eigenvalue weighted by Gasteiger charge is -2.31. The molecule has 2 aliphatic rings. The molecule has 0 N–H and O–H groups in total. The van der Waals surface area contributed by atoms with Crippen LogP contribution < -0.4 is 9.80 Å². The molecule has 0 saturated carbocycles. The van der Waals surface area contributed by atoms with Gasteiger partial charge in [-0.3, -0.25) is 0 Å². The molecule has 0 radical (unpaired) electrons. The van der Waals surface area contributed by atoms with E-state index in [-0.39, 0.29) is 0 Å². The molecule has 0 bridgehead atoms. The molecule has 0 unspecified atom stereocenters. The van der Waals surface area contributed by atoms with Crippen LogP contribution in [0.15, 0.2) is 231 Å². The first-order valence-corrected chi connectivity index (χ1v) is 22.7. The van der Waals surface area contributed by atoms with E-state index in [0.29, 0.717) is 0 Å². The average molecular weight is 829 g/mol.